The Hall–Kier alpha value is -1.83. The largest absolute Gasteiger partial charge is 0.467 e. The highest BCUT2D eigenvalue weighted by Crippen LogP contribution is 2.13. The second-order valence-electron chi connectivity index (χ2n) is 5.06. The monoisotopic (exact) mass is 374 g/mol. The number of halogens is 1. The van der Waals surface area contributed by atoms with Gasteiger partial charge in [-0.05, 0) is 40.4 Å². The molecule has 122 valence electrons. The van der Waals surface area contributed by atoms with Crippen LogP contribution in [0, 0.1) is 5.92 Å². The van der Waals surface area contributed by atoms with E-state index in [4.69, 9.17) is 4.42 Å². The fourth-order valence-corrected chi connectivity index (χ4v) is 2.06. The molecule has 7 nitrogen and oxygen atoms in total. The zero-order valence-electron chi connectivity index (χ0n) is 12.6. The van der Waals surface area contributed by atoms with E-state index in [9.17, 15) is 14.4 Å². The first kappa shape index (κ1) is 18.2. The second kappa shape index (κ2) is 8.57. The van der Waals surface area contributed by atoms with Crippen molar-refractivity contribution >= 4 is 33.7 Å². The molecule has 0 aliphatic carbocycles. The Kier molecular flexibility index (Phi) is 7.10. The van der Waals surface area contributed by atoms with E-state index >= 15 is 0 Å². The summed E-state index contributed by atoms with van der Waals surface area (Å²) in [5, 5.41) is 4.95. The van der Waals surface area contributed by atoms with E-state index in [1.54, 1.807) is 6.07 Å². The number of ether oxygens (including phenoxy) is 1. The van der Waals surface area contributed by atoms with Gasteiger partial charge >= 0.3 is 5.97 Å². The van der Waals surface area contributed by atoms with Crippen molar-refractivity contribution in [1.82, 2.24) is 10.6 Å². The summed E-state index contributed by atoms with van der Waals surface area (Å²) >= 11 is 3.08. The lowest BCUT2D eigenvalue weighted by Gasteiger charge is -2.18. The maximum absolute atomic E-state index is 11.8. The third-order valence-corrected chi connectivity index (χ3v) is 3.16. The first-order chi connectivity index (χ1) is 10.3. The van der Waals surface area contributed by atoms with Crippen molar-refractivity contribution in [3.8, 4) is 0 Å². The van der Waals surface area contributed by atoms with Crippen LogP contribution in [0.4, 0.5) is 0 Å². The van der Waals surface area contributed by atoms with Gasteiger partial charge in [-0.25, -0.2) is 4.79 Å². The number of carbonyl (C=O) groups is 3. The van der Waals surface area contributed by atoms with Gasteiger partial charge in [0, 0.05) is 0 Å². The highest BCUT2D eigenvalue weighted by molar-refractivity contribution is 9.10. The van der Waals surface area contributed by atoms with Gasteiger partial charge in [-0.3, -0.25) is 9.59 Å². The summed E-state index contributed by atoms with van der Waals surface area (Å²) in [6.45, 7) is 3.60. The molecule has 0 aromatic carbocycles. The van der Waals surface area contributed by atoms with E-state index in [1.807, 2.05) is 13.8 Å². The number of amides is 2. The Morgan fingerprint density at radius 1 is 1.32 bits per heavy atom. The predicted octanol–water partition coefficient (Wildman–Crippen LogP) is 1.48. The number of carbonyl (C=O) groups excluding carboxylic acids is 3. The standard InChI is InChI=1S/C14H19BrN2O5/c1-8(2)6-9(14(20)21-3)17-12(18)7-16-13(19)10-4-5-11(15)22-10/h4-5,8-9H,6-7H2,1-3H3,(H,16,19)(H,17,18)/t9-/m1/s1. The van der Waals surface area contributed by atoms with Gasteiger partial charge in [0.05, 0.1) is 13.7 Å². The fraction of sp³-hybridized carbons (Fsp3) is 0.500. The van der Waals surface area contributed by atoms with Crippen LogP contribution in [0.3, 0.4) is 0 Å². The first-order valence-electron chi connectivity index (χ1n) is 6.74. The van der Waals surface area contributed by atoms with E-state index < -0.39 is 23.8 Å². The summed E-state index contributed by atoms with van der Waals surface area (Å²) < 4.78 is 10.1. The summed E-state index contributed by atoms with van der Waals surface area (Å²) in [7, 11) is 1.26. The molecule has 0 saturated carbocycles. The number of furan rings is 1. The number of esters is 1. The lowest BCUT2D eigenvalue weighted by atomic mass is 10.0. The number of hydrogen-bond donors (Lipinski definition) is 2. The van der Waals surface area contributed by atoms with Crippen LogP contribution in [0.5, 0.6) is 0 Å². The van der Waals surface area contributed by atoms with Gasteiger partial charge in [-0.1, -0.05) is 13.8 Å². The summed E-state index contributed by atoms with van der Waals surface area (Å²) in [6, 6.07) is 2.32. The average Bonchev–Trinajstić information content (AvgIpc) is 2.89. The Balaban J connectivity index is 2.49. The highest BCUT2D eigenvalue weighted by Gasteiger charge is 2.22. The maximum Gasteiger partial charge on any atom is 0.328 e. The van der Waals surface area contributed by atoms with Crippen molar-refractivity contribution in [3.05, 3.63) is 22.6 Å². The molecule has 1 rings (SSSR count). The molecule has 0 unspecified atom stereocenters. The van der Waals surface area contributed by atoms with Crippen LogP contribution in [0.1, 0.15) is 30.8 Å². The fourth-order valence-electron chi connectivity index (χ4n) is 1.76. The summed E-state index contributed by atoms with van der Waals surface area (Å²) in [6.07, 6.45) is 0.456. The molecule has 8 heteroatoms. The minimum absolute atomic E-state index is 0.0892. The highest BCUT2D eigenvalue weighted by atomic mass is 79.9. The zero-order chi connectivity index (χ0) is 16.7. The van der Waals surface area contributed by atoms with Gasteiger partial charge in [0.15, 0.2) is 10.4 Å². The van der Waals surface area contributed by atoms with Crippen LogP contribution in [-0.4, -0.2) is 37.5 Å². The summed E-state index contributed by atoms with van der Waals surface area (Å²) in [5.74, 6) is -1.21. The minimum atomic E-state index is -0.729. The van der Waals surface area contributed by atoms with E-state index in [1.165, 1.54) is 13.2 Å². The molecule has 0 saturated heterocycles. The Morgan fingerprint density at radius 2 is 2.00 bits per heavy atom. The quantitative estimate of drug-likeness (QED) is 0.704. The van der Waals surface area contributed by atoms with Gasteiger partial charge in [0.25, 0.3) is 5.91 Å². The van der Waals surface area contributed by atoms with Crippen molar-refractivity contribution in [2.75, 3.05) is 13.7 Å². The van der Waals surface area contributed by atoms with E-state index in [0.717, 1.165) is 0 Å². The molecule has 0 aliphatic rings. The molecule has 1 aromatic heterocycles. The Morgan fingerprint density at radius 3 is 2.50 bits per heavy atom. The zero-order valence-corrected chi connectivity index (χ0v) is 14.2. The van der Waals surface area contributed by atoms with Crippen LogP contribution in [0.15, 0.2) is 21.2 Å². The van der Waals surface area contributed by atoms with Gasteiger partial charge in [-0.15, -0.1) is 0 Å². The molecular formula is C14H19BrN2O5. The summed E-state index contributed by atoms with van der Waals surface area (Å²) in [5.41, 5.74) is 0. The normalized spacial score (nSPS) is 11.9. The SMILES string of the molecule is COC(=O)[C@@H](CC(C)C)NC(=O)CNC(=O)c1ccc(Br)o1. The van der Waals surface area contributed by atoms with Crippen LogP contribution >= 0.6 is 15.9 Å². The van der Waals surface area contributed by atoms with Crippen LogP contribution in [0.2, 0.25) is 0 Å². The van der Waals surface area contributed by atoms with Crippen LogP contribution in [-0.2, 0) is 14.3 Å². The summed E-state index contributed by atoms with van der Waals surface area (Å²) in [4.78, 5) is 35.1. The number of hydrogen-bond acceptors (Lipinski definition) is 5. The molecule has 1 aromatic rings. The van der Waals surface area contributed by atoms with E-state index in [0.29, 0.717) is 11.1 Å². The van der Waals surface area contributed by atoms with Crippen molar-refractivity contribution in [1.29, 1.82) is 0 Å². The number of methoxy groups -OCH3 is 1. The van der Waals surface area contributed by atoms with Crippen molar-refractivity contribution in [2.24, 2.45) is 5.92 Å². The van der Waals surface area contributed by atoms with Gasteiger partial charge < -0.3 is 19.8 Å². The molecule has 0 spiro atoms. The Labute approximate surface area is 136 Å². The second-order valence-corrected chi connectivity index (χ2v) is 5.84. The number of rotatable bonds is 7. The van der Waals surface area contributed by atoms with Gasteiger partial charge in [-0.2, -0.15) is 0 Å². The molecule has 0 bridgehead atoms. The van der Waals surface area contributed by atoms with Crippen LogP contribution < -0.4 is 10.6 Å². The molecule has 0 aliphatic heterocycles. The molecule has 1 atom stereocenters. The average molecular weight is 375 g/mol. The van der Waals surface area contributed by atoms with Gasteiger partial charge in [0.2, 0.25) is 5.91 Å². The smallest absolute Gasteiger partial charge is 0.328 e. The van der Waals surface area contributed by atoms with Gasteiger partial charge in [0.1, 0.15) is 6.04 Å². The van der Waals surface area contributed by atoms with E-state index in [-0.39, 0.29) is 18.2 Å². The predicted molar refractivity (Wildman–Crippen MR) is 82.1 cm³/mol. The molecule has 0 fully saturated rings. The third kappa shape index (κ3) is 5.88. The lowest BCUT2D eigenvalue weighted by molar-refractivity contribution is -0.145. The van der Waals surface area contributed by atoms with Crippen molar-refractivity contribution in [3.63, 3.8) is 0 Å². The molecule has 0 radical (unpaired) electrons. The first-order valence-corrected chi connectivity index (χ1v) is 7.53. The molecular weight excluding hydrogens is 356 g/mol. The minimum Gasteiger partial charge on any atom is -0.467 e. The number of nitrogens with one attached hydrogen (secondary N) is 2. The third-order valence-electron chi connectivity index (χ3n) is 2.73. The van der Waals surface area contributed by atoms with E-state index in [2.05, 4.69) is 31.3 Å². The molecule has 22 heavy (non-hydrogen) atoms. The lowest BCUT2D eigenvalue weighted by Crippen LogP contribution is -2.46. The van der Waals surface area contributed by atoms with Crippen molar-refractivity contribution < 1.29 is 23.5 Å². The maximum atomic E-state index is 11.8. The molecule has 2 amide bonds. The van der Waals surface area contributed by atoms with Crippen molar-refractivity contribution in [2.45, 2.75) is 26.3 Å². The molecule has 1 heterocycles. The molecule has 2 N–H and O–H groups in total. The van der Waals surface area contributed by atoms with Crippen LogP contribution in [0.25, 0.3) is 0 Å². The Bertz CT molecular complexity index is 541. The topological polar surface area (TPSA) is 97.6 Å².